The lowest BCUT2D eigenvalue weighted by molar-refractivity contribution is -0.117. The van der Waals surface area contributed by atoms with Crippen molar-refractivity contribution in [1.29, 1.82) is 0 Å². The highest BCUT2D eigenvalue weighted by Gasteiger charge is 2.16. The minimum absolute atomic E-state index is 0.0499. The van der Waals surface area contributed by atoms with E-state index in [9.17, 15) is 9.59 Å². The molecule has 0 aliphatic heterocycles. The quantitative estimate of drug-likeness (QED) is 0.377. The van der Waals surface area contributed by atoms with Crippen molar-refractivity contribution in [2.75, 3.05) is 18.9 Å². The summed E-state index contributed by atoms with van der Waals surface area (Å²) < 4.78 is 11.8. The Morgan fingerprint density at radius 2 is 1.50 bits per heavy atom. The van der Waals surface area contributed by atoms with Gasteiger partial charge in [-0.1, -0.05) is 0 Å². The summed E-state index contributed by atoms with van der Waals surface area (Å²) in [6.07, 6.45) is 5.01. The maximum Gasteiger partial charge on any atom is 0.270 e. The number of rotatable bonds is 9. The molecule has 1 aliphatic rings. The maximum atomic E-state index is 12.1. The van der Waals surface area contributed by atoms with Crippen LogP contribution < -0.4 is 36.9 Å². The first-order valence-electron chi connectivity index (χ1n) is 10.5. The molecule has 9 heteroatoms. The molecule has 1 aliphatic carbocycles. The minimum atomic E-state index is -0.502. The topological polar surface area (TPSA) is 141 Å². The number of nitrogens with two attached hydrogens (primary N) is 2. The molecule has 0 aromatic heterocycles. The third-order valence-corrected chi connectivity index (χ3v) is 4.97. The highest BCUT2D eigenvalue weighted by molar-refractivity contribution is 5.96. The number of anilines is 1. The Balaban J connectivity index is 1.48. The first-order chi connectivity index (χ1) is 15.4. The van der Waals surface area contributed by atoms with Crippen LogP contribution in [0.25, 0.3) is 0 Å². The van der Waals surface area contributed by atoms with Gasteiger partial charge >= 0.3 is 0 Å². The van der Waals surface area contributed by atoms with E-state index < -0.39 is 5.91 Å². The van der Waals surface area contributed by atoms with Crippen molar-refractivity contribution < 1.29 is 19.1 Å². The van der Waals surface area contributed by atoms with E-state index in [4.69, 9.17) is 20.9 Å². The van der Waals surface area contributed by atoms with Gasteiger partial charge < -0.3 is 36.9 Å². The molecular formula is C23H29N5O4. The number of benzene rings is 2. The molecule has 1 fully saturated rings. The van der Waals surface area contributed by atoms with E-state index in [0.717, 1.165) is 18.6 Å². The van der Waals surface area contributed by atoms with Crippen molar-refractivity contribution >= 4 is 17.5 Å². The summed E-state index contributed by atoms with van der Waals surface area (Å²) in [4.78, 5) is 23.8. The fourth-order valence-corrected chi connectivity index (χ4v) is 3.34. The van der Waals surface area contributed by atoms with E-state index in [-0.39, 0.29) is 24.0 Å². The van der Waals surface area contributed by atoms with Gasteiger partial charge in [-0.3, -0.25) is 9.59 Å². The Labute approximate surface area is 187 Å². The molecule has 32 heavy (non-hydrogen) atoms. The molecule has 1 saturated carbocycles. The van der Waals surface area contributed by atoms with Crippen LogP contribution in [0.2, 0.25) is 0 Å². The second kappa shape index (κ2) is 10.9. The zero-order chi connectivity index (χ0) is 22.9. The number of carbonyl (C=O) groups is 2. The molecule has 0 spiro atoms. The van der Waals surface area contributed by atoms with Gasteiger partial charge in [-0.25, -0.2) is 0 Å². The van der Waals surface area contributed by atoms with E-state index in [0.29, 0.717) is 23.3 Å². The maximum absolute atomic E-state index is 12.1. The lowest BCUT2D eigenvalue weighted by Crippen LogP contribution is -2.38. The molecule has 170 valence electrons. The summed E-state index contributed by atoms with van der Waals surface area (Å²) in [6.45, 7) is -0.172. The Morgan fingerprint density at radius 1 is 0.938 bits per heavy atom. The van der Waals surface area contributed by atoms with Crippen LogP contribution in [0.3, 0.4) is 0 Å². The van der Waals surface area contributed by atoms with E-state index in [1.807, 2.05) is 24.3 Å². The fraction of sp³-hybridized carbons (Fsp3) is 0.304. The van der Waals surface area contributed by atoms with Gasteiger partial charge in [0.1, 0.15) is 28.8 Å². The number of carbonyl (C=O) groups excluding carboxylic acids is 2. The molecule has 2 amide bonds. The van der Waals surface area contributed by atoms with E-state index in [1.54, 1.807) is 24.3 Å². The second-order valence-electron chi connectivity index (χ2n) is 7.43. The predicted octanol–water partition coefficient (Wildman–Crippen LogP) is 2.16. The summed E-state index contributed by atoms with van der Waals surface area (Å²) in [5.41, 5.74) is 11.4. The molecule has 0 saturated heterocycles. The molecule has 9 nitrogen and oxygen atoms in total. The number of hydrogen-bond acceptors (Lipinski definition) is 7. The van der Waals surface area contributed by atoms with Gasteiger partial charge in [-0.05, 0) is 74.2 Å². The van der Waals surface area contributed by atoms with Crippen LogP contribution in [-0.2, 0) is 9.59 Å². The molecule has 0 radical (unpaired) electrons. The van der Waals surface area contributed by atoms with Gasteiger partial charge in [-0.15, -0.1) is 0 Å². The summed E-state index contributed by atoms with van der Waals surface area (Å²) in [7, 11) is 1.44. The van der Waals surface area contributed by atoms with Gasteiger partial charge in [0, 0.05) is 12.7 Å². The minimum Gasteiger partial charge on any atom is -0.490 e. The highest BCUT2D eigenvalue weighted by Crippen LogP contribution is 2.28. The van der Waals surface area contributed by atoms with Crippen LogP contribution in [0.5, 0.6) is 17.2 Å². The van der Waals surface area contributed by atoms with Crippen LogP contribution in [0.4, 0.5) is 5.69 Å². The van der Waals surface area contributed by atoms with E-state index in [1.165, 1.54) is 19.9 Å². The normalized spacial score (nSPS) is 13.2. The molecular weight excluding hydrogens is 410 g/mol. The number of hydrogen-bond donors (Lipinski definition) is 5. The zero-order valence-corrected chi connectivity index (χ0v) is 18.0. The van der Waals surface area contributed by atoms with Crippen LogP contribution in [0.15, 0.2) is 60.0 Å². The predicted molar refractivity (Wildman–Crippen MR) is 122 cm³/mol. The van der Waals surface area contributed by atoms with Gasteiger partial charge in [-0.2, -0.15) is 0 Å². The van der Waals surface area contributed by atoms with E-state index in [2.05, 4.69) is 16.0 Å². The molecule has 3 rings (SSSR count). The van der Waals surface area contributed by atoms with Crippen LogP contribution in [0.1, 0.15) is 25.7 Å². The van der Waals surface area contributed by atoms with Crippen molar-refractivity contribution in [2.45, 2.75) is 31.8 Å². The molecule has 0 unspecified atom stereocenters. The smallest absolute Gasteiger partial charge is 0.270 e. The molecule has 7 N–H and O–H groups in total. The average molecular weight is 440 g/mol. The summed E-state index contributed by atoms with van der Waals surface area (Å²) >= 11 is 0. The number of amides is 2. The average Bonchev–Trinajstić information content (AvgIpc) is 3.29. The molecule has 0 bridgehead atoms. The van der Waals surface area contributed by atoms with Gasteiger partial charge in [0.2, 0.25) is 5.91 Å². The monoisotopic (exact) mass is 439 g/mol. The Hall–Kier alpha value is -3.88. The van der Waals surface area contributed by atoms with Crippen LogP contribution >= 0.6 is 0 Å². The number of likely N-dealkylation sites (N-methyl/N-ethyl adjacent to an activating group) is 1. The van der Waals surface area contributed by atoms with Gasteiger partial charge in [0.05, 0.1) is 12.6 Å². The van der Waals surface area contributed by atoms with Gasteiger partial charge in [0.25, 0.3) is 5.91 Å². The first kappa shape index (κ1) is 22.8. The van der Waals surface area contributed by atoms with Crippen molar-refractivity contribution in [3.8, 4) is 17.2 Å². The Morgan fingerprint density at radius 3 is 2.06 bits per heavy atom. The van der Waals surface area contributed by atoms with Crippen molar-refractivity contribution in [3.05, 3.63) is 60.0 Å². The highest BCUT2D eigenvalue weighted by atomic mass is 16.5. The standard InChI is InChI=1S/C23H29N5O4/c1-26-23(30)21(22(24)25)27-14-20(29)28-15-6-8-17(9-7-15)32-19-12-10-18(11-13-19)31-16-4-2-3-5-16/h6-13,16,27H,2-5,14,24-25H2,1H3,(H,26,30)(H,28,29). The van der Waals surface area contributed by atoms with Crippen molar-refractivity contribution in [3.63, 3.8) is 0 Å². The zero-order valence-electron chi connectivity index (χ0n) is 18.0. The third kappa shape index (κ3) is 6.56. The first-order valence-corrected chi connectivity index (χ1v) is 10.5. The lowest BCUT2D eigenvalue weighted by atomic mass is 10.2. The SMILES string of the molecule is CNC(=O)C(NCC(=O)Nc1ccc(Oc2ccc(OC3CCCC3)cc2)cc1)=C(N)N. The number of nitrogens with one attached hydrogen (secondary N) is 3. The molecule has 0 heterocycles. The van der Waals surface area contributed by atoms with Crippen molar-refractivity contribution in [1.82, 2.24) is 10.6 Å². The number of ether oxygens (including phenoxy) is 2. The molecule has 0 atom stereocenters. The third-order valence-electron chi connectivity index (χ3n) is 4.97. The van der Waals surface area contributed by atoms with Crippen molar-refractivity contribution in [2.24, 2.45) is 11.5 Å². The fourth-order valence-electron chi connectivity index (χ4n) is 3.34. The summed E-state index contributed by atoms with van der Waals surface area (Å²) in [5.74, 6) is 1.11. The summed E-state index contributed by atoms with van der Waals surface area (Å²) in [5, 5.41) is 7.74. The molecule has 2 aromatic rings. The van der Waals surface area contributed by atoms with Gasteiger partial charge in [0.15, 0.2) is 0 Å². The van der Waals surface area contributed by atoms with E-state index >= 15 is 0 Å². The molecule has 2 aromatic carbocycles. The van der Waals surface area contributed by atoms with Crippen LogP contribution in [-0.4, -0.2) is 31.5 Å². The van der Waals surface area contributed by atoms with Crippen LogP contribution in [0, 0.1) is 0 Å². The Bertz CT molecular complexity index is 947. The largest absolute Gasteiger partial charge is 0.490 e. The second-order valence-corrected chi connectivity index (χ2v) is 7.43. The summed E-state index contributed by atoms with van der Waals surface area (Å²) in [6, 6.07) is 14.5. The Kier molecular flexibility index (Phi) is 7.80. The lowest BCUT2D eigenvalue weighted by Gasteiger charge is -2.13.